The highest BCUT2D eigenvalue weighted by molar-refractivity contribution is 7.99. The first-order chi connectivity index (χ1) is 21.3. The van der Waals surface area contributed by atoms with E-state index in [0.717, 1.165) is 29.7 Å². The number of fused-ring (bicyclic) bond motifs is 1. The van der Waals surface area contributed by atoms with E-state index in [1.807, 2.05) is 6.07 Å². The molecule has 0 atom stereocenters. The number of carbonyl (C=O) groups is 3. The van der Waals surface area contributed by atoms with Gasteiger partial charge in [0.05, 0.1) is 44.4 Å². The highest BCUT2D eigenvalue weighted by atomic mass is 35.5. The number of rotatable bonds is 12. The summed E-state index contributed by atoms with van der Waals surface area (Å²) in [6.45, 7) is 2.05. The highest BCUT2D eigenvalue weighted by Crippen LogP contribution is 2.39. The maximum atomic E-state index is 13.1. The number of ether oxygens (including phenoxy) is 3. The normalized spacial score (nSPS) is 12.0. The third-order valence-electron chi connectivity index (χ3n) is 6.81. The van der Waals surface area contributed by atoms with Gasteiger partial charge < -0.3 is 24.8 Å². The van der Waals surface area contributed by atoms with Crippen molar-refractivity contribution < 1.29 is 28.6 Å². The number of thioether (sulfide) groups is 1. The molecular formula is C30H30ClN5O6S2. The first-order valence-corrected chi connectivity index (χ1v) is 16.0. The fourth-order valence-corrected chi connectivity index (χ4v) is 7.07. The van der Waals surface area contributed by atoms with Crippen molar-refractivity contribution in [1.82, 2.24) is 20.1 Å². The number of carbonyl (C=O) groups excluding carboxylic acids is 3. The number of halogens is 1. The molecule has 2 heterocycles. The number of aromatic nitrogens is 3. The minimum Gasteiger partial charge on any atom is -0.493 e. The minimum atomic E-state index is -0.421. The van der Waals surface area contributed by atoms with Crippen LogP contribution in [0.1, 0.15) is 50.3 Å². The number of amides is 2. The van der Waals surface area contributed by atoms with Crippen molar-refractivity contribution in [3.05, 3.63) is 74.9 Å². The first kappa shape index (κ1) is 31.4. The zero-order chi connectivity index (χ0) is 31.2. The van der Waals surface area contributed by atoms with Crippen LogP contribution in [0, 0.1) is 0 Å². The molecule has 2 N–H and O–H groups in total. The summed E-state index contributed by atoms with van der Waals surface area (Å²) in [5.41, 5.74) is 2.47. The van der Waals surface area contributed by atoms with Crippen molar-refractivity contribution in [3.63, 3.8) is 0 Å². The topological polar surface area (TPSA) is 134 Å². The van der Waals surface area contributed by atoms with E-state index in [2.05, 4.69) is 20.8 Å². The molecule has 2 amide bonds. The summed E-state index contributed by atoms with van der Waals surface area (Å²) in [6, 6.07) is 12.0. The lowest BCUT2D eigenvalue weighted by Gasteiger charge is -2.12. The maximum Gasteiger partial charge on any atom is 0.341 e. The lowest BCUT2D eigenvalue weighted by Crippen LogP contribution is -2.24. The molecule has 14 heteroatoms. The third kappa shape index (κ3) is 6.85. The molecule has 0 unspecified atom stereocenters. The van der Waals surface area contributed by atoms with Crippen molar-refractivity contribution >= 4 is 57.5 Å². The van der Waals surface area contributed by atoms with Crippen LogP contribution in [0.3, 0.4) is 0 Å². The molecule has 4 aromatic rings. The Kier molecular flexibility index (Phi) is 10.1. The number of anilines is 1. The number of thiophene rings is 1. The van der Waals surface area contributed by atoms with Crippen LogP contribution >= 0.6 is 34.7 Å². The predicted molar refractivity (Wildman–Crippen MR) is 169 cm³/mol. The first-order valence-electron chi connectivity index (χ1n) is 13.8. The second-order valence-electron chi connectivity index (χ2n) is 9.59. The van der Waals surface area contributed by atoms with Gasteiger partial charge in [-0.25, -0.2) is 4.79 Å². The van der Waals surface area contributed by atoms with Gasteiger partial charge in [-0.15, -0.1) is 21.5 Å². The van der Waals surface area contributed by atoms with Gasteiger partial charge in [0, 0.05) is 15.5 Å². The molecule has 1 aliphatic rings. The van der Waals surface area contributed by atoms with Gasteiger partial charge in [-0.2, -0.15) is 0 Å². The van der Waals surface area contributed by atoms with E-state index in [1.54, 1.807) is 47.9 Å². The van der Waals surface area contributed by atoms with Gasteiger partial charge in [-0.05, 0) is 68.1 Å². The van der Waals surface area contributed by atoms with E-state index < -0.39 is 5.97 Å². The fraction of sp³-hybridized carbons (Fsp3) is 0.300. The van der Waals surface area contributed by atoms with Crippen LogP contribution in [-0.4, -0.2) is 59.1 Å². The number of hydrogen-bond donors (Lipinski definition) is 2. The molecule has 0 saturated carbocycles. The van der Waals surface area contributed by atoms with E-state index in [4.69, 9.17) is 25.8 Å². The number of nitrogens with one attached hydrogen (secondary N) is 2. The summed E-state index contributed by atoms with van der Waals surface area (Å²) in [6.07, 6.45) is 2.65. The Morgan fingerprint density at radius 2 is 1.89 bits per heavy atom. The highest BCUT2D eigenvalue weighted by Gasteiger charge is 2.28. The molecule has 5 rings (SSSR count). The third-order valence-corrected chi connectivity index (χ3v) is 9.18. The number of aryl methyl sites for hydroxylation is 1. The van der Waals surface area contributed by atoms with Crippen LogP contribution in [0.15, 0.2) is 47.6 Å². The maximum absolute atomic E-state index is 13.1. The second-order valence-corrected chi connectivity index (χ2v) is 12.1. The van der Waals surface area contributed by atoms with Crippen LogP contribution < -0.4 is 20.1 Å². The summed E-state index contributed by atoms with van der Waals surface area (Å²) in [5, 5.41) is 15.8. The monoisotopic (exact) mass is 655 g/mol. The average molecular weight is 656 g/mol. The van der Waals surface area contributed by atoms with Crippen LogP contribution in [0.25, 0.3) is 5.69 Å². The predicted octanol–water partition coefficient (Wildman–Crippen LogP) is 5.33. The molecule has 230 valence electrons. The van der Waals surface area contributed by atoms with Gasteiger partial charge in [0.1, 0.15) is 5.00 Å². The number of methoxy groups -OCH3 is 2. The van der Waals surface area contributed by atoms with E-state index in [9.17, 15) is 14.4 Å². The summed E-state index contributed by atoms with van der Waals surface area (Å²) in [4.78, 5) is 39.9. The molecule has 0 bridgehead atoms. The van der Waals surface area contributed by atoms with Gasteiger partial charge in [-0.1, -0.05) is 29.4 Å². The average Bonchev–Trinajstić information content (AvgIpc) is 3.73. The minimum absolute atomic E-state index is 0.00152. The smallest absolute Gasteiger partial charge is 0.341 e. The van der Waals surface area contributed by atoms with Gasteiger partial charge >= 0.3 is 5.97 Å². The van der Waals surface area contributed by atoms with Crippen LogP contribution in [-0.2, 0) is 28.9 Å². The van der Waals surface area contributed by atoms with Crippen molar-refractivity contribution in [2.75, 3.05) is 31.9 Å². The standard InChI is InChI=1S/C30H30ClN5O6S2/c1-4-42-29(39)26-20-9-6-10-23(20)44-28(26)33-25(37)16-43-30-35-34-24(36(30)19-8-5-7-18(31)14-19)15-32-27(38)17-11-12-21(40-2)22(13-17)41-3/h5,7-8,11-14H,4,6,9-10,15-16H2,1-3H3,(H,32,38)(H,33,37). The van der Waals surface area contributed by atoms with Crippen LogP contribution in [0.5, 0.6) is 11.5 Å². The molecular weight excluding hydrogens is 626 g/mol. The molecule has 2 aromatic heterocycles. The zero-order valence-corrected chi connectivity index (χ0v) is 26.7. The Morgan fingerprint density at radius 3 is 2.64 bits per heavy atom. The van der Waals surface area contributed by atoms with Gasteiger partial charge in [-0.3, -0.25) is 14.2 Å². The summed E-state index contributed by atoms with van der Waals surface area (Å²) < 4.78 is 17.6. The van der Waals surface area contributed by atoms with Crippen molar-refractivity contribution in [1.29, 1.82) is 0 Å². The van der Waals surface area contributed by atoms with Crippen molar-refractivity contribution in [3.8, 4) is 17.2 Å². The molecule has 44 heavy (non-hydrogen) atoms. The molecule has 0 saturated heterocycles. The van der Waals surface area contributed by atoms with Crippen molar-refractivity contribution in [2.24, 2.45) is 0 Å². The Hall–Kier alpha value is -4.07. The number of nitrogens with zero attached hydrogens (tertiary/aromatic N) is 3. The molecule has 0 radical (unpaired) electrons. The quantitative estimate of drug-likeness (QED) is 0.154. The van der Waals surface area contributed by atoms with Gasteiger partial charge in [0.15, 0.2) is 22.5 Å². The molecule has 0 fully saturated rings. The molecule has 0 aliphatic heterocycles. The Balaban J connectivity index is 1.32. The van der Waals surface area contributed by atoms with Gasteiger partial charge in [0.2, 0.25) is 5.91 Å². The summed E-state index contributed by atoms with van der Waals surface area (Å²) >= 11 is 8.88. The SMILES string of the molecule is CCOC(=O)c1c(NC(=O)CSc2nnc(CNC(=O)c3ccc(OC)c(OC)c3)n2-c2cccc(Cl)c2)sc2c1CCC2. The van der Waals surface area contributed by atoms with Crippen LogP contribution in [0.4, 0.5) is 5.00 Å². The lowest BCUT2D eigenvalue weighted by molar-refractivity contribution is -0.113. The van der Waals surface area contributed by atoms with Crippen LogP contribution in [0.2, 0.25) is 5.02 Å². The van der Waals surface area contributed by atoms with E-state index in [1.165, 1.54) is 37.3 Å². The van der Waals surface area contributed by atoms with E-state index in [0.29, 0.717) is 49.3 Å². The summed E-state index contributed by atoms with van der Waals surface area (Å²) in [5.74, 6) is 0.307. The Labute approximate surface area is 267 Å². The summed E-state index contributed by atoms with van der Waals surface area (Å²) in [7, 11) is 3.02. The molecule has 11 nitrogen and oxygen atoms in total. The number of esters is 1. The number of hydrogen-bond acceptors (Lipinski definition) is 10. The molecule has 1 aliphatic carbocycles. The zero-order valence-electron chi connectivity index (χ0n) is 24.3. The van der Waals surface area contributed by atoms with E-state index >= 15 is 0 Å². The lowest BCUT2D eigenvalue weighted by atomic mass is 10.1. The van der Waals surface area contributed by atoms with Gasteiger partial charge in [0.25, 0.3) is 5.91 Å². The van der Waals surface area contributed by atoms with Crippen molar-refractivity contribution in [2.45, 2.75) is 37.9 Å². The Bertz CT molecular complexity index is 1710. The molecule has 2 aromatic carbocycles. The molecule has 0 spiro atoms. The largest absolute Gasteiger partial charge is 0.493 e. The fourth-order valence-electron chi connectivity index (χ4n) is 4.83. The number of benzene rings is 2. The second kappa shape index (κ2) is 14.1. The van der Waals surface area contributed by atoms with E-state index in [-0.39, 0.29) is 30.7 Å². The Morgan fingerprint density at radius 1 is 1.07 bits per heavy atom.